The quantitative estimate of drug-likeness (QED) is 0.879. The lowest BCUT2D eigenvalue weighted by Gasteiger charge is -2.25. The van der Waals surface area contributed by atoms with Crippen molar-refractivity contribution in [2.45, 2.75) is 39.4 Å². The molecule has 19 heavy (non-hydrogen) atoms. The van der Waals surface area contributed by atoms with E-state index in [1.54, 1.807) is 13.0 Å². The van der Waals surface area contributed by atoms with E-state index in [0.29, 0.717) is 18.7 Å². The first kappa shape index (κ1) is 15.8. The molecule has 1 rings (SSSR count). The van der Waals surface area contributed by atoms with Crippen molar-refractivity contribution in [2.24, 2.45) is 0 Å². The molecule has 0 aliphatic rings. The number of halogens is 3. The van der Waals surface area contributed by atoms with E-state index in [-0.39, 0.29) is 5.56 Å². The summed E-state index contributed by atoms with van der Waals surface area (Å²) in [5.74, 6) is 0.311. The van der Waals surface area contributed by atoms with Crippen molar-refractivity contribution >= 4 is 0 Å². The molecular weight excluding hydrogens is 255 g/mol. The highest BCUT2D eigenvalue weighted by Crippen LogP contribution is 2.39. The normalized spacial score (nSPS) is 13.4. The molecule has 1 atom stereocenters. The molecule has 0 bridgehead atoms. The molecule has 5 heteroatoms. The van der Waals surface area contributed by atoms with E-state index >= 15 is 0 Å². The number of alkyl halides is 3. The summed E-state index contributed by atoms with van der Waals surface area (Å²) in [5.41, 5.74) is 1.80. The molecule has 0 saturated heterocycles. The number of nitrogens with one attached hydrogen (secondary N) is 1. The van der Waals surface area contributed by atoms with Crippen molar-refractivity contribution in [3.05, 3.63) is 28.8 Å². The molecular formula is C14H20F3NO. The predicted octanol–water partition coefficient (Wildman–Crippen LogP) is 3.92. The largest absolute Gasteiger partial charge is 0.496 e. The van der Waals surface area contributed by atoms with Crippen LogP contribution in [-0.2, 0) is 0 Å². The summed E-state index contributed by atoms with van der Waals surface area (Å²) < 4.78 is 44.7. The zero-order valence-corrected chi connectivity index (χ0v) is 11.7. The molecule has 2 nitrogen and oxygen atoms in total. The molecule has 0 heterocycles. The fraction of sp³-hybridized carbons (Fsp3) is 0.571. The third-order valence-electron chi connectivity index (χ3n) is 3.15. The van der Waals surface area contributed by atoms with Crippen LogP contribution < -0.4 is 10.1 Å². The predicted molar refractivity (Wildman–Crippen MR) is 69.6 cm³/mol. The van der Waals surface area contributed by atoms with Crippen LogP contribution in [-0.4, -0.2) is 19.8 Å². The average molecular weight is 275 g/mol. The van der Waals surface area contributed by atoms with E-state index in [9.17, 15) is 13.2 Å². The topological polar surface area (TPSA) is 21.3 Å². The maximum absolute atomic E-state index is 13.2. The van der Waals surface area contributed by atoms with Crippen LogP contribution in [0.5, 0.6) is 5.75 Å². The molecule has 0 spiro atoms. The highest BCUT2D eigenvalue weighted by molar-refractivity contribution is 5.47. The van der Waals surface area contributed by atoms with Crippen LogP contribution in [0.15, 0.2) is 12.1 Å². The molecule has 0 fully saturated rings. The Morgan fingerprint density at radius 3 is 2.37 bits per heavy atom. The van der Waals surface area contributed by atoms with Crippen molar-refractivity contribution in [1.82, 2.24) is 5.32 Å². The zero-order chi connectivity index (χ0) is 14.6. The van der Waals surface area contributed by atoms with Gasteiger partial charge in [-0.15, -0.1) is 0 Å². The summed E-state index contributed by atoms with van der Waals surface area (Å²) in [6, 6.07) is 1.49. The second-order valence-electron chi connectivity index (χ2n) is 4.56. The van der Waals surface area contributed by atoms with Gasteiger partial charge in [0.1, 0.15) is 11.8 Å². The second-order valence-corrected chi connectivity index (χ2v) is 4.56. The molecule has 1 aromatic carbocycles. The van der Waals surface area contributed by atoms with Crippen LogP contribution in [0.2, 0.25) is 0 Å². The van der Waals surface area contributed by atoms with Gasteiger partial charge in [0.2, 0.25) is 0 Å². The Hall–Kier alpha value is -1.23. The van der Waals surface area contributed by atoms with Gasteiger partial charge in [-0.1, -0.05) is 19.1 Å². The molecule has 0 aliphatic heterocycles. The molecule has 1 aromatic rings. The van der Waals surface area contributed by atoms with Crippen LogP contribution in [0.4, 0.5) is 13.2 Å². The fourth-order valence-corrected chi connectivity index (χ4v) is 2.00. The number of rotatable bonds is 5. The van der Waals surface area contributed by atoms with E-state index < -0.39 is 12.2 Å². The van der Waals surface area contributed by atoms with Gasteiger partial charge in [0.25, 0.3) is 0 Å². The number of aryl methyl sites for hydroxylation is 1. The van der Waals surface area contributed by atoms with E-state index in [1.807, 2.05) is 13.8 Å². The smallest absolute Gasteiger partial charge is 0.408 e. The van der Waals surface area contributed by atoms with Gasteiger partial charge in [-0.3, -0.25) is 0 Å². The number of ether oxygens (including phenoxy) is 1. The van der Waals surface area contributed by atoms with Gasteiger partial charge in [0.15, 0.2) is 0 Å². The Labute approximate surface area is 112 Å². The first-order chi connectivity index (χ1) is 8.82. The number of hydrogen-bond acceptors (Lipinski definition) is 2. The highest BCUT2D eigenvalue weighted by Gasteiger charge is 2.42. The number of hydrogen-bond donors (Lipinski definition) is 1. The lowest BCUT2D eigenvalue weighted by molar-refractivity contribution is -0.158. The summed E-state index contributed by atoms with van der Waals surface area (Å²) in [6.45, 7) is 5.76. The third-order valence-corrected chi connectivity index (χ3v) is 3.15. The van der Waals surface area contributed by atoms with Gasteiger partial charge in [-0.2, -0.15) is 13.2 Å². The van der Waals surface area contributed by atoms with E-state index in [0.717, 1.165) is 11.1 Å². The lowest BCUT2D eigenvalue weighted by Crippen LogP contribution is -2.35. The maximum Gasteiger partial charge on any atom is 0.408 e. The summed E-state index contributed by atoms with van der Waals surface area (Å²) >= 11 is 0. The van der Waals surface area contributed by atoms with Crippen LogP contribution in [0.3, 0.4) is 0 Å². The molecule has 0 aromatic heterocycles. The van der Waals surface area contributed by atoms with Gasteiger partial charge in [0, 0.05) is 5.56 Å². The Balaban J connectivity index is 3.26. The number of benzene rings is 1. The first-order valence-corrected chi connectivity index (χ1v) is 6.27. The summed E-state index contributed by atoms with van der Waals surface area (Å²) in [4.78, 5) is 0. The van der Waals surface area contributed by atoms with E-state index in [2.05, 4.69) is 5.32 Å². The Bertz CT molecular complexity index is 429. The standard InChI is InChI=1S/C14H20F3NO/c1-5-8-18-13(14(15,16)17)11-7-6-9(2)10(3)12(11)19-4/h6-7,13,18H,5,8H2,1-4H3. The molecule has 0 saturated carbocycles. The third kappa shape index (κ3) is 3.62. The van der Waals surface area contributed by atoms with Crippen LogP contribution in [0.1, 0.15) is 36.1 Å². The molecule has 108 valence electrons. The highest BCUT2D eigenvalue weighted by atomic mass is 19.4. The van der Waals surface area contributed by atoms with Crippen molar-refractivity contribution in [3.8, 4) is 5.75 Å². The SMILES string of the molecule is CCCNC(c1ccc(C)c(C)c1OC)C(F)(F)F. The van der Waals surface area contributed by atoms with Gasteiger partial charge in [-0.05, 0) is 37.9 Å². The molecule has 0 amide bonds. The monoisotopic (exact) mass is 275 g/mol. The molecule has 1 N–H and O–H groups in total. The minimum atomic E-state index is -4.34. The van der Waals surface area contributed by atoms with Crippen LogP contribution >= 0.6 is 0 Å². The van der Waals surface area contributed by atoms with E-state index in [1.165, 1.54) is 13.2 Å². The van der Waals surface area contributed by atoms with E-state index in [4.69, 9.17) is 4.74 Å². The molecule has 0 radical (unpaired) electrons. The summed E-state index contributed by atoms with van der Waals surface area (Å²) in [7, 11) is 1.40. The molecule has 0 aliphatic carbocycles. The Kier molecular flexibility index (Phi) is 5.23. The second kappa shape index (κ2) is 6.28. The van der Waals surface area contributed by atoms with Gasteiger partial charge in [-0.25, -0.2) is 0 Å². The van der Waals surface area contributed by atoms with Crippen LogP contribution in [0.25, 0.3) is 0 Å². The Morgan fingerprint density at radius 2 is 1.89 bits per heavy atom. The average Bonchev–Trinajstić information content (AvgIpc) is 2.32. The van der Waals surface area contributed by atoms with Crippen molar-refractivity contribution in [2.75, 3.05) is 13.7 Å². The van der Waals surface area contributed by atoms with Gasteiger partial charge < -0.3 is 10.1 Å². The van der Waals surface area contributed by atoms with Crippen molar-refractivity contribution in [3.63, 3.8) is 0 Å². The maximum atomic E-state index is 13.2. The summed E-state index contributed by atoms with van der Waals surface area (Å²) in [5, 5.41) is 2.54. The van der Waals surface area contributed by atoms with Crippen molar-refractivity contribution in [1.29, 1.82) is 0 Å². The van der Waals surface area contributed by atoms with Gasteiger partial charge >= 0.3 is 6.18 Å². The number of methoxy groups -OCH3 is 1. The minimum absolute atomic E-state index is 0.145. The van der Waals surface area contributed by atoms with Crippen molar-refractivity contribution < 1.29 is 17.9 Å². The lowest BCUT2D eigenvalue weighted by atomic mass is 9.98. The zero-order valence-electron chi connectivity index (χ0n) is 11.7. The first-order valence-electron chi connectivity index (χ1n) is 6.27. The van der Waals surface area contributed by atoms with Gasteiger partial charge in [0.05, 0.1) is 7.11 Å². The molecule has 1 unspecified atom stereocenters. The fourth-order valence-electron chi connectivity index (χ4n) is 2.00. The minimum Gasteiger partial charge on any atom is -0.496 e. The Morgan fingerprint density at radius 1 is 1.26 bits per heavy atom. The summed E-state index contributed by atoms with van der Waals surface area (Å²) in [6.07, 6.45) is -3.70. The van der Waals surface area contributed by atoms with Crippen LogP contribution in [0, 0.1) is 13.8 Å².